The number of hydrogen-bond acceptors (Lipinski definition) is 4. The molecule has 4 nitrogen and oxygen atoms in total. The Labute approximate surface area is 121 Å². The number of nitrogens with two attached hydrogens (primary N) is 1. The van der Waals surface area contributed by atoms with Gasteiger partial charge in [0, 0.05) is 15.0 Å². The summed E-state index contributed by atoms with van der Waals surface area (Å²) in [6.45, 7) is 0.509. The molecule has 2 heterocycles. The third kappa shape index (κ3) is 2.29. The van der Waals surface area contributed by atoms with E-state index in [9.17, 15) is 4.79 Å². The van der Waals surface area contributed by atoms with Crippen LogP contribution >= 0.6 is 27.3 Å². The number of anilines is 1. The zero-order valence-corrected chi connectivity index (χ0v) is 12.2. The first-order chi connectivity index (χ1) is 9.15. The third-order valence-corrected chi connectivity index (χ3v) is 4.76. The molecule has 0 amide bonds. The highest BCUT2D eigenvalue weighted by Crippen LogP contribution is 2.23. The molecule has 0 bridgehead atoms. The Morgan fingerprint density at radius 3 is 2.95 bits per heavy atom. The van der Waals surface area contributed by atoms with Crippen molar-refractivity contribution in [2.75, 3.05) is 5.73 Å². The Morgan fingerprint density at radius 2 is 2.21 bits per heavy atom. The summed E-state index contributed by atoms with van der Waals surface area (Å²) in [4.78, 5) is 17.8. The number of nitrogen functional groups attached to an aromatic ring is 1. The molecule has 3 rings (SSSR count). The number of halogens is 1. The van der Waals surface area contributed by atoms with E-state index in [-0.39, 0.29) is 5.56 Å². The molecule has 0 aliphatic carbocycles. The van der Waals surface area contributed by atoms with Crippen molar-refractivity contribution in [2.45, 2.75) is 6.54 Å². The van der Waals surface area contributed by atoms with Gasteiger partial charge in [-0.3, -0.25) is 9.36 Å². The SMILES string of the molecule is Nc1ccc2ncn(Cc3sccc3Br)c(=O)c2c1. The van der Waals surface area contributed by atoms with E-state index >= 15 is 0 Å². The topological polar surface area (TPSA) is 60.9 Å². The van der Waals surface area contributed by atoms with Crippen molar-refractivity contribution in [2.24, 2.45) is 0 Å². The molecule has 2 aromatic heterocycles. The molecule has 0 spiro atoms. The van der Waals surface area contributed by atoms with Crippen LogP contribution in [0.15, 0.2) is 45.2 Å². The van der Waals surface area contributed by atoms with Crippen molar-refractivity contribution in [1.82, 2.24) is 9.55 Å². The summed E-state index contributed by atoms with van der Waals surface area (Å²) in [7, 11) is 0. The first-order valence-corrected chi connectivity index (χ1v) is 7.29. The van der Waals surface area contributed by atoms with E-state index in [4.69, 9.17) is 5.73 Å². The summed E-state index contributed by atoms with van der Waals surface area (Å²) in [5.41, 5.74) is 6.89. The maximum atomic E-state index is 12.4. The zero-order chi connectivity index (χ0) is 13.4. The van der Waals surface area contributed by atoms with E-state index in [1.54, 1.807) is 40.4 Å². The fraction of sp³-hybridized carbons (Fsp3) is 0.0769. The Kier molecular flexibility index (Phi) is 3.12. The molecule has 0 radical (unpaired) electrons. The molecule has 96 valence electrons. The summed E-state index contributed by atoms with van der Waals surface area (Å²) < 4.78 is 2.61. The number of fused-ring (bicyclic) bond motifs is 1. The summed E-state index contributed by atoms with van der Waals surface area (Å²) in [6, 6.07) is 7.15. The molecule has 0 aliphatic rings. The largest absolute Gasteiger partial charge is 0.399 e. The van der Waals surface area contributed by atoms with Crippen LogP contribution in [0.2, 0.25) is 0 Å². The quantitative estimate of drug-likeness (QED) is 0.732. The lowest BCUT2D eigenvalue weighted by Gasteiger charge is -2.06. The van der Waals surface area contributed by atoms with Gasteiger partial charge in [0.1, 0.15) is 0 Å². The zero-order valence-electron chi connectivity index (χ0n) is 9.84. The molecule has 0 aliphatic heterocycles. The van der Waals surface area contributed by atoms with E-state index in [1.165, 1.54) is 0 Å². The minimum absolute atomic E-state index is 0.0717. The first kappa shape index (κ1) is 12.4. The van der Waals surface area contributed by atoms with E-state index in [0.29, 0.717) is 23.1 Å². The molecule has 0 fully saturated rings. The Balaban J connectivity index is 2.13. The van der Waals surface area contributed by atoms with Crippen LogP contribution in [-0.4, -0.2) is 9.55 Å². The average Bonchev–Trinajstić information content (AvgIpc) is 2.79. The van der Waals surface area contributed by atoms with Gasteiger partial charge >= 0.3 is 0 Å². The van der Waals surface area contributed by atoms with Gasteiger partial charge < -0.3 is 5.73 Å². The summed E-state index contributed by atoms with van der Waals surface area (Å²) in [5.74, 6) is 0. The second-order valence-corrected chi connectivity index (χ2v) is 6.00. The molecule has 19 heavy (non-hydrogen) atoms. The Bertz CT molecular complexity index is 809. The molecule has 0 saturated heterocycles. The lowest BCUT2D eigenvalue weighted by atomic mass is 10.2. The molecule has 0 saturated carbocycles. The third-order valence-electron chi connectivity index (χ3n) is 2.85. The predicted molar refractivity (Wildman–Crippen MR) is 81.5 cm³/mol. The van der Waals surface area contributed by atoms with Crippen LogP contribution in [-0.2, 0) is 6.54 Å². The van der Waals surface area contributed by atoms with Crippen LogP contribution in [0.4, 0.5) is 5.69 Å². The molecular formula is C13H10BrN3OS. The Morgan fingerprint density at radius 1 is 1.37 bits per heavy atom. The molecule has 3 aromatic rings. The molecule has 0 unspecified atom stereocenters. The number of rotatable bonds is 2. The summed E-state index contributed by atoms with van der Waals surface area (Å²) in [6.07, 6.45) is 1.58. The van der Waals surface area contributed by atoms with Gasteiger partial charge in [-0.2, -0.15) is 0 Å². The smallest absolute Gasteiger partial charge is 0.261 e. The van der Waals surface area contributed by atoms with Gasteiger partial charge in [0.15, 0.2) is 0 Å². The highest BCUT2D eigenvalue weighted by molar-refractivity contribution is 9.10. The van der Waals surface area contributed by atoms with Crippen LogP contribution in [0, 0.1) is 0 Å². The molecular weight excluding hydrogens is 326 g/mol. The van der Waals surface area contributed by atoms with Gasteiger partial charge in [0.05, 0.1) is 23.8 Å². The average molecular weight is 336 g/mol. The summed E-state index contributed by atoms with van der Waals surface area (Å²) in [5, 5.41) is 2.53. The summed E-state index contributed by atoms with van der Waals surface area (Å²) >= 11 is 5.07. The van der Waals surface area contributed by atoms with Crippen molar-refractivity contribution < 1.29 is 0 Å². The van der Waals surface area contributed by atoms with Crippen molar-refractivity contribution in [1.29, 1.82) is 0 Å². The number of aromatic nitrogens is 2. The predicted octanol–water partition coefficient (Wildman–Crippen LogP) is 2.85. The Hall–Kier alpha value is -1.66. The lowest BCUT2D eigenvalue weighted by molar-refractivity contribution is 0.756. The normalized spacial score (nSPS) is 11.0. The van der Waals surface area contributed by atoms with Crippen LogP contribution in [0.3, 0.4) is 0 Å². The van der Waals surface area contributed by atoms with E-state index in [1.807, 2.05) is 11.4 Å². The van der Waals surface area contributed by atoms with Gasteiger partial charge in [-0.25, -0.2) is 4.98 Å². The minimum Gasteiger partial charge on any atom is -0.399 e. The minimum atomic E-state index is -0.0717. The van der Waals surface area contributed by atoms with Crippen molar-refractivity contribution in [3.63, 3.8) is 0 Å². The van der Waals surface area contributed by atoms with Gasteiger partial charge in [-0.1, -0.05) is 0 Å². The van der Waals surface area contributed by atoms with Crippen LogP contribution in [0.5, 0.6) is 0 Å². The van der Waals surface area contributed by atoms with Crippen molar-refractivity contribution in [3.8, 4) is 0 Å². The van der Waals surface area contributed by atoms with Gasteiger partial charge in [-0.05, 0) is 45.6 Å². The lowest BCUT2D eigenvalue weighted by Crippen LogP contribution is -2.21. The molecule has 1 aromatic carbocycles. The van der Waals surface area contributed by atoms with Gasteiger partial charge in [-0.15, -0.1) is 11.3 Å². The van der Waals surface area contributed by atoms with Gasteiger partial charge in [0.25, 0.3) is 5.56 Å². The first-order valence-electron chi connectivity index (χ1n) is 5.62. The van der Waals surface area contributed by atoms with Crippen molar-refractivity contribution in [3.05, 3.63) is 55.7 Å². The number of thiophene rings is 1. The highest BCUT2D eigenvalue weighted by Gasteiger charge is 2.07. The van der Waals surface area contributed by atoms with Gasteiger partial charge in [0.2, 0.25) is 0 Å². The monoisotopic (exact) mass is 335 g/mol. The maximum absolute atomic E-state index is 12.4. The van der Waals surface area contributed by atoms with E-state index < -0.39 is 0 Å². The molecule has 2 N–H and O–H groups in total. The van der Waals surface area contributed by atoms with E-state index in [2.05, 4.69) is 20.9 Å². The van der Waals surface area contributed by atoms with Crippen LogP contribution < -0.4 is 11.3 Å². The number of hydrogen-bond donors (Lipinski definition) is 1. The number of nitrogens with zero attached hydrogens (tertiary/aromatic N) is 2. The number of benzene rings is 1. The fourth-order valence-electron chi connectivity index (χ4n) is 1.88. The maximum Gasteiger partial charge on any atom is 0.261 e. The van der Waals surface area contributed by atoms with E-state index in [0.717, 1.165) is 9.35 Å². The second-order valence-electron chi connectivity index (χ2n) is 4.15. The van der Waals surface area contributed by atoms with Crippen LogP contribution in [0.1, 0.15) is 4.88 Å². The highest BCUT2D eigenvalue weighted by atomic mass is 79.9. The van der Waals surface area contributed by atoms with Crippen LogP contribution in [0.25, 0.3) is 10.9 Å². The molecule has 6 heteroatoms. The second kappa shape index (κ2) is 4.79. The fourth-order valence-corrected chi connectivity index (χ4v) is 3.36. The van der Waals surface area contributed by atoms with Crippen molar-refractivity contribution >= 4 is 43.9 Å². The standard InChI is InChI=1S/C13H10BrN3OS/c14-10-3-4-19-12(10)6-17-7-16-11-2-1-8(15)5-9(11)13(17)18/h1-5,7H,6,15H2. The molecule has 0 atom stereocenters.